The van der Waals surface area contributed by atoms with E-state index < -0.39 is 0 Å². The minimum Gasteiger partial charge on any atom is -0.457 e. The fraction of sp³-hybridized carbons (Fsp3) is 0.174. The molecule has 0 radical (unpaired) electrons. The molecule has 2 aromatic carbocycles. The van der Waals surface area contributed by atoms with Crippen molar-refractivity contribution in [2.45, 2.75) is 13.3 Å². The third-order valence-electron chi connectivity index (χ3n) is 4.12. The third kappa shape index (κ3) is 5.58. The molecule has 0 N–H and O–H groups in total. The van der Waals surface area contributed by atoms with Crippen LogP contribution in [0.15, 0.2) is 73.1 Å². The summed E-state index contributed by atoms with van der Waals surface area (Å²) in [5, 5.41) is 0.647. The lowest BCUT2D eigenvalue weighted by molar-refractivity contribution is -0.113. The molecule has 0 saturated carbocycles. The van der Waals surface area contributed by atoms with Crippen LogP contribution in [0.4, 0.5) is 11.5 Å². The van der Waals surface area contributed by atoms with Gasteiger partial charge in [-0.05, 0) is 54.6 Å². The Morgan fingerprint density at radius 1 is 1.03 bits per heavy atom. The quantitative estimate of drug-likeness (QED) is 0.488. The molecule has 0 spiro atoms. The second-order valence-corrected chi connectivity index (χ2v) is 7.12. The van der Waals surface area contributed by atoms with Gasteiger partial charge in [-0.15, -0.1) is 0 Å². The Labute approximate surface area is 181 Å². The first-order chi connectivity index (χ1) is 14.5. The SMILES string of the molecule is CCc1nccc(N(C(=O)C=CN(C)C)c2ccc(Oc3ccc(Cl)cc3)cc2)n1. The average molecular weight is 423 g/mol. The van der Waals surface area contributed by atoms with Crippen molar-refractivity contribution in [3.8, 4) is 11.5 Å². The number of carbonyl (C=O) groups excluding carboxylic acids is 1. The summed E-state index contributed by atoms with van der Waals surface area (Å²) in [7, 11) is 3.72. The smallest absolute Gasteiger partial charge is 0.258 e. The molecule has 0 aliphatic rings. The first-order valence-electron chi connectivity index (χ1n) is 9.50. The minimum absolute atomic E-state index is 0.212. The molecule has 0 aliphatic carbocycles. The van der Waals surface area contributed by atoms with Gasteiger partial charge in [0.2, 0.25) is 0 Å². The lowest BCUT2D eigenvalue weighted by Crippen LogP contribution is -2.25. The third-order valence-corrected chi connectivity index (χ3v) is 4.37. The van der Waals surface area contributed by atoms with Crippen LogP contribution in [0.3, 0.4) is 0 Å². The zero-order valence-corrected chi connectivity index (χ0v) is 17.9. The van der Waals surface area contributed by atoms with E-state index in [-0.39, 0.29) is 5.91 Å². The molecule has 3 aromatic rings. The van der Waals surface area contributed by atoms with E-state index in [4.69, 9.17) is 16.3 Å². The maximum atomic E-state index is 13.0. The Bertz CT molecular complexity index is 1020. The number of aryl methyl sites for hydroxylation is 1. The zero-order chi connectivity index (χ0) is 21.5. The van der Waals surface area contributed by atoms with Gasteiger partial charge in [-0.3, -0.25) is 9.69 Å². The molecule has 0 aliphatic heterocycles. The van der Waals surface area contributed by atoms with E-state index in [1.807, 2.05) is 45.3 Å². The van der Waals surface area contributed by atoms with E-state index in [0.29, 0.717) is 40.3 Å². The van der Waals surface area contributed by atoms with Gasteiger partial charge in [0.05, 0.1) is 5.69 Å². The summed E-state index contributed by atoms with van der Waals surface area (Å²) in [5.41, 5.74) is 0.674. The molecule has 0 saturated heterocycles. The van der Waals surface area contributed by atoms with Gasteiger partial charge in [0.25, 0.3) is 5.91 Å². The Balaban J connectivity index is 1.90. The van der Waals surface area contributed by atoms with Gasteiger partial charge in [0.15, 0.2) is 0 Å². The minimum atomic E-state index is -0.212. The van der Waals surface area contributed by atoms with Crippen molar-refractivity contribution >= 4 is 29.0 Å². The molecule has 154 valence electrons. The highest BCUT2D eigenvalue weighted by Gasteiger charge is 2.18. The van der Waals surface area contributed by atoms with Crippen LogP contribution in [0.5, 0.6) is 11.5 Å². The highest BCUT2D eigenvalue weighted by atomic mass is 35.5. The van der Waals surface area contributed by atoms with E-state index in [0.717, 1.165) is 0 Å². The summed E-state index contributed by atoms with van der Waals surface area (Å²) in [6.07, 6.45) is 5.55. The van der Waals surface area contributed by atoms with Crippen molar-refractivity contribution in [1.82, 2.24) is 14.9 Å². The second-order valence-electron chi connectivity index (χ2n) is 6.69. The zero-order valence-electron chi connectivity index (χ0n) is 17.1. The molecule has 0 fully saturated rings. The molecule has 0 unspecified atom stereocenters. The Hall–Kier alpha value is -3.38. The van der Waals surface area contributed by atoms with Gasteiger partial charge < -0.3 is 9.64 Å². The van der Waals surface area contributed by atoms with E-state index in [1.54, 1.807) is 52.5 Å². The average Bonchev–Trinajstić information content (AvgIpc) is 2.75. The highest BCUT2D eigenvalue weighted by Crippen LogP contribution is 2.29. The van der Waals surface area contributed by atoms with E-state index in [9.17, 15) is 4.79 Å². The number of benzene rings is 2. The van der Waals surface area contributed by atoms with Crippen LogP contribution in [0.2, 0.25) is 5.02 Å². The number of hydrogen-bond donors (Lipinski definition) is 0. The predicted molar refractivity (Wildman–Crippen MR) is 119 cm³/mol. The maximum absolute atomic E-state index is 13.0. The van der Waals surface area contributed by atoms with E-state index >= 15 is 0 Å². The van der Waals surface area contributed by atoms with Crippen molar-refractivity contribution in [1.29, 1.82) is 0 Å². The van der Waals surface area contributed by atoms with Crippen molar-refractivity contribution in [2.75, 3.05) is 19.0 Å². The molecule has 30 heavy (non-hydrogen) atoms. The number of aromatic nitrogens is 2. The first-order valence-corrected chi connectivity index (χ1v) is 9.88. The van der Waals surface area contributed by atoms with Crippen LogP contribution in [-0.4, -0.2) is 34.9 Å². The molecular formula is C23H23ClN4O2. The monoisotopic (exact) mass is 422 g/mol. The summed E-state index contributed by atoms with van der Waals surface area (Å²) in [6.45, 7) is 1.97. The largest absolute Gasteiger partial charge is 0.457 e. The van der Waals surface area contributed by atoms with Gasteiger partial charge in [-0.2, -0.15) is 0 Å². The van der Waals surface area contributed by atoms with Crippen molar-refractivity contribution in [2.24, 2.45) is 0 Å². The normalized spacial score (nSPS) is 10.8. The molecule has 1 aromatic heterocycles. The number of ether oxygens (including phenoxy) is 1. The van der Waals surface area contributed by atoms with Crippen molar-refractivity contribution < 1.29 is 9.53 Å². The van der Waals surface area contributed by atoms with Crippen LogP contribution in [-0.2, 0) is 11.2 Å². The van der Waals surface area contributed by atoms with Crippen LogP contribution in [0.1, 0.15) is 12.7 Å². The highest BCUT2D eigenvalue weighted by molar-refractivity contribution is 6.30. The summed E-state index contributed by atoms with van der Waals surface area (Å²) in [5.74, 6) is 2.30. The second kappa shape index (κ2) is 9.89. The number of hydrogen-bond acceptors (Lipinski definition) is 5. The molecule has 3 rings (SSSR count). The van der Waals surface area contributed by atoms with Gasteiger partial charge >= 0.3 is 0 Å². The Morgan fingerprint density at radius 3 is 2.27 bits per heavy atom. The number of halogens is 1. The molecule has 0 bridgehead atoms. The lowest BCUT2D eigenvalue weighted by Gasteiger charge is -2.21. The number of rotatable bonds is 7. The maximum Gasteiger partial charge on any atom is 0.258 e. The van der Waals surface area contributed by atoms with Crippen molar-refractivity contribution in [3.05, 3.63) is 83.9 Å². The topological polar surface area (TPSA) is 58.6 Å². The summed E-state index contributed by atoms with van der Waals surface area (Å²) < 4.78 is 5.84. The van der Waals surface area contributed by atoms with Crippen molar-refractivity contribution in [3.63, 3.8) is 0 Å². The fourth-order valence-corrected chi connectivity index (χ4v) is 2.77. The first kappa shape index (κ1) is 21.3. The standard InChI is InChI=1S/C23H23ClN4O2/c1-4-21-25-15-13-22(26-21)28(23(29)14-16-27(2)3)18-7-11-20(12-8-18)30-19-9-5-17(24)6-10-19/h5-16H,4H2,1-3H3. The number of anilines is 2. The number of amides is 1. The summed E-state index contributed by atoms with van der Waals surface area (Å²) in [4.78, 5) is 25.1. The van der Waals surface area contributed by atoms with Crippen LogP contribution in [0.25, 0.3) is 0 Å². The number of nitrogens with zero attached hydrogens (tertiary/aromatic N) is 4. The molecule has 7 heteroatoms. The molecule has 0 atom stereocenters. The van der Waals surface area contributed by atoms with Gasteiger partial charge in [0.1, 0.15) is 23.1 Å². The molecular weight excluding hydrogens is 400 g/mol. The Kier molecular flexibility index (Phi) is 7.03. The summed E-state index contributed by atoms with van der Waals surface area (Å²) >= 11 is 5.91. The number of carbonyl (C=O) groups is 1. The van der Waals surface area contributed by atoms with Gasteiger partial charge in [-0.1, -0.05) is 18.5 Å². The molecule has 1 heterocycles. The van der Waals surface area contributed by atoms with Gasteiger partial charge in [-0.25, -0.2) is 9.97 Å². The van der Waals surface area contributed by atoms with Crippen LogP contribution < -0.4 is 9.64 Å². The van der Waals surface area contributed by atoms with E-state index in [1.165, 1.54) is 6.08 Å². The summed E-state index contributed by atoms with van der Waals surface area (Å²) in [6, 6.07) is 16.1. The van der Waals surface area contributed by atoms with Crippen LogP contribution in [0, 0.1) is 0 Å². The van der Waals surface area contributed by atoms with E-state index in [2.05, 4.69) is 9.97 Å². The molecule has 6 nitrogen and oxygen atoms in total. The predicted octanol–water partition coefficient (Wildman–Crippen LogP) is 5.22. The molecule has 1 amide bonds. The lowest BCUT2D eigenvalue weighted by atomic mass is 10.2. The Morgan fingerprint density at radius 2 is 1.67 bits per heavy atom. The van der Waals surface area contributed by atoms with Crippen LogP contribution >= 0.6 is 11.6 Å². The van der Waals surface area contributed by atoms with Gasteiger partial charge in [0, 0.05) is 44.0 Å². The fourth-order valence-electron chi connectivity index (χ4n) is 2.64.